The summed E-state index contributed by atoms with van der Waals surface area (Å²) in [6.45, 7) is 11.3. The second kappa shape index (κ2) is 10.1. The van der Waals surface area contributed by atoms with Gasteiger partial charge in [0.25, 0.3) is 5.91 Å². The zero-order chi connectivity index (χ0) is 23.5. The number of phenolic OH excluding ortho intramolecular Hbond substituents is 1. The molecule has 8 heteroatoms. The van der Waals surface area contributed by atoms with Crippen LogP contribution in [0.5, 0.6) is 5.75 Å². The van der Waals surface area contributed by atoms with E-state index in [2.05, 4.69) is 34.9 Å². The number of nitrogens with zero attached hydrogens (tertiary/aromatic N) is 1. The predicted octanol–water partition coefficient (Wildman–Crippen LogP) is 5.90. The van der Waals surface area contributed by atoms with Crippen LogP contribution in [0.15, 0.2) is 40.6 Å². The highest BCUT2D eigenvalue weighted by Gasteiger charge is 2.21. The van der Waals surface area contributed by atoms with Crippen molar-refractivity contribution < 1.29 is 14.6 Å². The van der Waals surface area contributed by atoms with Crippen LogP contribution in [0.1, 0.15) is 31.9 Å². The van der Waals surface area contributed by atoms with Crippen molar-refractivity contribution in [2.45, 2.75) is 32.6 Å². The fourth-order valence-electron chi connectivity index (χ4n) is 4.20. The third-order valence-electron chi connectivity index (χ3n) is 5.75. The fourth-order valence-corrected chi connectivity index (χ4v) is 5.70. The maximum absolute atomic E-state index is 13.3. The molecule has 1 fully saturated rings. The third kappa shape index (κ3) is 5.13. The monoisotopic (exact) mass is 483 g/mol. The molecule has 4 rings (SSSR count). The van der Waals surface area contributed by atoms with Crippen molar-refractivity contribution in [1.29, 1.82) is 0 Å². The Balaban J connectivity index is 1.54. The zero-order valence-electron chi connectivity index (χ0n) is 19.3. The average Bonchev–Trinajstić information content (AvgIpc) is 3.25. The molecule has 3 N–H and O–H groups in total. The molecule has 1 aliphatic rings. The van der Waals surface area contributed by atoms with E-state index in [0.29, 0.717) is 23.0 Å². The van der Waals surface area contributed by atoms with E-state index >= 15 is 0 Å². The average molecular weight is 484 g/mol. The lowest BCUT2D eigenvalue weighted by atomic mass is 10.0. The van der Waals surface area contributed by atoms with E-state index in [9.17, 15) is 9.90 Å². The number of nitrogens with one attached hydrogen (secondary N) is 2. The lowest BCUT2D eigenvalue weighted by molar-refractivity contribution is 0.103. The van der Waals surface area contributed by atoms with E-state index < -0.39 is 0 Å². The molecule has 0 bridgehead atoms. The summed E-state index contributed by atoms with van der Waals surface area (Å²) in [5.41, 5.74) is 7.07. The quantitative estimate of drug-likeness (QED) is 0.379. The highest BCUT2D eigenvalue weighted by atomic mass is 32.2. The van der Waals surface area contributed by atoms with E-state index in [0.717, 1.165) is 41.2 Å². The molecule has 0 aliphatic carbocycles. The van der Waals surface area contributed by atoms with Crippen LogP contribution in [-0.2, 0) is 4.74 Å². The van der Waals surface area contributed by atoms with Gasteiger partial charge in [0.15, 0.2) is 0 Å². The molecule has 0 atom stereocenters. The number of anilines is 3. The first-order valence-corrected chi connectivity index (χ1v) is 12.6. The molecule has 0 radical (unpaired) electrons. The van der Waals surface area contributed by atoms with Gasteiger partial charge in [-0.15, -0.1) is 11.3 Å². The normalized spacial score (nSPS) is 13.8. The van der Waals surface area contributed by atoms with E-state index in [-0.39, 0.29) is 11.7 Å². The van der Waals surface area contributed by atoms with Gasteiger partial charge in [0.1, 0.15) is 10.6 Å². The summed E-state index contributed by atoms with van der Waals surface area (Å²) in [6, 6.07) is 9.55. The van der Waals surface area contributed by atoms with Crippen LogP contribution < -0.4 is 14.9 Å². The van der Waals surface area contributed by atoms with Gasteiger partial charge in [-0.25, -0.2) is 0 Å². The molecule has 2 heterocycles. The molecule has 0 unspecified atom stereocenters. The van der Waals surface area contributed by atoms with Gasteiger partial charge in [0, 0.05) is 24.5 Å². The number of carbonyl (C=O) groups excluding carboxylic acids is 1. The summed E-state index contributed by atoms with van der Waals surface area (Å²) >= 11 is 2.68. The summed E-state index contributed by atoms with van der Waals surface area (Å²) in [5, 5.41) is 15.2. The number of amides is 1. The SMILES string of the molecule is Cc1ccc(SNc2ccsc2C(=O)Nc2c(C)cc(C)c(N3CCOCC3)c2C)c(O)c1. The molecule has 0 spiro atoms. The van der Waals surface area contributed by atoms with Crippen LogP contribution in [0.4, 0.5) is 17.1 Å². The summed E-state index contributed by atoms with van der Waals surface area (Å²) in [6.07, 6.45) is 0. The summed E-state index contributed by atoms with van der Waals surface area (Å²) in [7, 11) is 0. The highest BCUT2D eigenvalue weighted by Crippen LogP contribution is 2.36. The Kier molecular flexibility index (Phi) is 7.17. The Bertz CT molecular complexity index is 1170. The molecule has 174 valence electrons. The standard InChI is InChI=1S/C25H29N3O3S2/c1-15-5-6-21(20(29)13-15)33-27-19-7-12-32-24(19)25(30)26-22-16(2)14-17(3)23(18(22)4)28-8-10-31-11-9-28/h5-7,12-14,27,29H,8-11H2,1-4H3,(H,26,30). The first-order valence-electron chi connectivity index (χ1n) is 10.9. The molecule has 1 amide bonds. The molecule has 1 saturated heterocycles. The molecule has 3 aromatic rings. The van der Waals surface area contributed by atoms with E-state index in [4.69, 9.17) is 4.74 Å². The molecule has 1 aromatic heterocycles. The van der Waals surface area contributed by atoms with Gasteiger partial charge >= 0.3 is 0 Å². The number of thiophene rings is 1. The molecule has 2 aromatic carbocycles. The topological polar surface area (TPSA) is 73.8 Å². The highest BCUT2D eigenvalue weighted by molar-refractivity contribution is 8.00. The minimum Gasteiger partial charge on any atom is -0.507 e. The molecule has 0 saturated carbocycles. The molecular formula is C25H29N3O3S2. The Labute approximate surface area is 203 Å². The van der Waals surface area contributed by atoms with Crippen LogP contribution in [0.2, 0.25) is 0 Å². The molecule has 33 heavy (non-hydrogen) atoms. The molecule has 1 aliphatic heterocycles. The number of morpholine rings is 1. The molecule has 6 nitrogen and oxygen atoms in total. The summed E-state index contributed by atoms with van der Waals surface area (Å²) < 4.78 is 8.74. The minimum absolute atomic E-state index is 0.149. The van der Waals surface area contributed by atoms with Gasteiger partial charge in [-0.3, -0.25) is 4.79 Å². The number of aromatic hydroxyl groups is 1. The van der Waals surface area contributed by atoms with Crippen molar-refractivity contribution in [2.75, 3.05) is 41.2 Å². The van der Waals surface area contributed by atoms with E-state index in [1.807, 2.05) is 37.4 Å². The Morgan fingerprint density at radius 3 is 2.58 bits per heavy atom. The number of carbonyl (C=O) groups is 1. The second-order valence-electron chi connectivity index (χ2n) is 8.25. The van der Waals surface area contributed by atoms with Gasteiger partial charge < -0.3 is 24.8 Å². The zero-order valence-corrected chi connectivity index (χ0v) is 21.0. The first kappa shape index (κ1) is 23.5. The van der Waals surface area contributed by atoms with Crippen LogP contribution in [0.3, 0.4) is 0 Å². The van der Waals surface area contributed by atoms with Crippen molar-refractivity contribution in [3.63, 3.8) is 0 Å². The van der Waals surface area contributed by atoms with Gasteiger partial charge in [-0.05, 0) is 85.5 Å². The number of rotatable bonds is 6. The Hall–Kier alpha value is -2.68. The predicted molar refractivity (Wildman–Crippen MR) is 138 cm³/mol. The number of hydrogen-bond acceptors (Lipinski definition) is 7. The Morgan fingerprint density at radius 2 is 1.85 bits per heavy atom. The van der Waals surface area contributed by atoms with E-state index in [1.165, 1.54) is 34.5 Å². The van der Waals surface area contributed by atoms with Crippen LogP contribution in [-0.4, -0.2) is 37.3 Å². The van der Waals surface area contributed by atoms with Gasteiger partial charge in [0.05, 0.1) is 23.8 Å². The summed E-state index contributed by atoms with van der Waals surface area (Å²) in [4.78, 5) is 16.9. The second-order valence-corrected chi connectivity index (χ2v) is 10.0. The van der Waals surface area contributed by atoms with Crippen molar-refractivity contribution in [2.24, 2.45) is 0 Å². The minimum atomic E-state index is -0.149. The lowest BCUT2D eigenvalue weighted by Gasteiger charge is -2.32. The van der Waals surface area contributed by atoms with Crippen molar-refractivity contribution in [3.8, 4) is 5.75 Å². The van der Waals surface area contributed by atoms with Crippen molar-refractivity contribution in [1.82, 2.24) is 0 Å². The largest absolute Gasteiger partial charge is 0.507 e. The Morgan fingerprint density at radius 1 is 1.09 bits per heavy atom. The third-order valence-corrected chi connectivity index (χ3v) is 7.55. The maximum Gasteiger partial charge on any atom is 0.267 e. The van der Waals surface area contributed by atoms with Crippen molar-refractivity contribution in [3.05, 3.63) is 62.8 Å². The van der Waals surface area contributed by atoms with Gasteiger partial charge in [-0.2, -0.15) is 0 Å². The van der Waals surface area contributed by atoms with Gasteiger partial charge in [-0.1, -0.05) is 12.1 Å². The smallest absolute Gasteiger partial charge is 0.267 e. The number of ether oxygens (including phenoxy) is 1. The van der Waals surface area contributed by atoms with Crippen LogP contribution in [0, 0.1) is 27.7 Å². The van der Waals surface area contributed by atoms with Crippen LogP contribution >= 0.6 is 23.3 Å². The lowest BCUT2D eigenvalue weighted by Crippen LogP contribution is -2.37. The summed E-state index contributed by atoms with van der Waals surface area (Å²) in [5.74, 6) is 0.0690. The molecular weight excluding hydrogens is 454 g/mol. The maximum atomic E-state index is 13.3. The van der Waals surface area contributed by atoms with E-state index in [1.54, 1.807) is 6.07 Å². The first-order chi connectivity index (χ1) is 15.8. The number of benzene rings is 2. The van der Waals surface area contributed by atoms with Crippen LogP contribution in [0.25, 0.3) is 0 Å². The fraction of sp³-hybridized carbons (Fsp3) is 0.320. The van der Waals surface area contributed by atoms with Crippen molar-refractivity contribution >= 4 is 46.3 Å². The number of aryl methyl sites for hydroxylation is 3. The van der Waals surface area contributed by atoms with Gasteiger partial charge in [0.2, 0.25) is 0 Å². The number of hydrogen-bond donors (Lipinski definition) is 3. The number of phenols is 1.